The molecule has 2 rings (SSSR count). The van der Waals surface area contributed by atoms with E-state index in [-0.39, 0.29) is 12.3 Å². The monoisotopic (exact) mass is 284 g/mol. The quantitative estimate of drug-likeness (QED) is 0.939. The molecule has 0 atom stereocenters. The van der Waals surface area contributed by atoms with E-state index in [4.69, 9.17) is 27.6 Å². The fourth-order valence-corrected chi connectivity index (χ4v) is 1.93. The minimum atomic E-state index is -0.259. The number of anilines is 1. The number of oxazole rings is 1. The summed E-state index contributed by atoms with van der Waals surface area (Å²) in [6, 6.07) is 5.02. The van der Waals surface area contributed by atoms with Crippen molar-refractivity contribution in [1.29, 1.82) is 0 Å². The second-order valence-electron chi connectivity index (χ2n) is 3.68. The average Bonchev–Trinajstić information content (AvgIpc) is 2.70. The van der Waals surface area contributed by atoms with E-state index < -0.39 is 0 Å². The largest absolute Gasteiger partial charge is 0.448 e. The highest BCUT2D eigenvalue weighted by atomic mass is 35.5. The summed E-state index contributed by atoms with van der Waals surface area (Å²) in [6.07, 6.45) is 1.40. The molecule has 0 saturated heterocycles. The van der Waals surface area contributed by atoms with Gasteiger partial charge in [0.05, 0.1) is 27.8 Å². The highest BCUT2D eigenvalue weighted by Crippen LogP contribution is 2.29. The van der Waals surface area contributed by atoms with Crippen molar-refractivity contribution in [2.45, 2.75) is 13.3 Å². The van der Waals surface area contributed by atoms with Crippen LogP contribution in [0.1, 0.15) is 11.5 Å². The lowest BCUT2D eigenvalue weighted by Gasteiger charge is -2.08. The lowest BCUT2D eigenvalue weighted by Crippen LogP contribution is -2.15. The standard InChI is InChI=1S/C12H10Cl2N2O2/c1-7-10(18-6-15-7)5-11(17)16-12-8(13)3-2-4-9(12)14/h2-4,6H,5H2,1H3,(H,16,17). The van der Waals surface area contributed by atoms with Gasteiger partial charge < -0.3 is 9.73 Å². The summed E-state index contributed by atoms with van der Waals surface area (Å²) in [7, 11) is 0. The number of carbonyl (C=O) groups excluding carboxylic acids is 1. The number of hydrogen-bond donors (Lipinski definition) is 1. The SMILES string of the molecule is Cc1ncoc1CC(=O)Nc1c(Cl)cccc1Cl. The van der Waals surface area contributed by atoms with Gasteiger partial charge in [0, 0.05) is 0 Å². The molecule has 0 aliphatic carbocycles. The van der Waals surface area contributed by atoms with Crippen molar-refractivity contribution in [3.63, 3.8) is 0 Å². The second-order valence-corrected chi connectivity index (χ2v) is 4.50. The molecule has 0 spiro atoms. The van der Waals surface area contributed by atoms with E-state index in [0.717, 1.165) is 0 Å². The lowest BCUT2D eigenvalue weighted by molar-refractivity contribution is -0.115. The van der Waals surface area contributed by atoms with Crippen LogP contribution in [0.4, 0.5) is 5.69 Å². The van der Waals surface area contributed by atoms with Crippen LogP contribution in [-0.2, 0) is 11.2 Å². The van der Waals surface area contributed by atoms with Gasteiger partial charge >= 0.3 is 0 Å². The van der Waals surface area contributed by atoms with Crippen molar-refractivity contribution in [3.05, 3.63) is 46.1 Å². The summed E-state index contributed by atoms with van der Waals surface area (Å²) >= 11 is 11.9. The van der Waals surface area contributed by atoms with E-state index in [0.29, 0.717) is 27.2 Å². The first kappa shape index (κ1) is 12.9. The minimum Gasteiger partial charge on any atom is -0.448 e. The summed E-state index contributed by atoms with van der Waals surface area (Å²) in [4.78, 5) is 15.7. The number of benzene rings is 1. The maximum atomic E-state index is 11.8. The molecule has 0 aliphatic rings. The van der Waals surface area contributed by atoms with E-state index in [1.165, 1.54) is 6.39 Å². The molecule has 0 fully saturated rings. The summed E-state index contributed by atoms with van der Waals surface area (Å²) in [6.45, 7) is 1.77. The van der Waals surface area contributed by atoms with Gasteiger partial charge in [-0.05, 0) is 19.1 Å². The number of halogens is 2. The van der Waals surface area contributed by atoms with Crippen molar-refractivity contribution < 1.29 is 9.21 Å². The Bertz CT molecular complexity index is 561. The summed E-state index contributed by atoms with van der Waals surface area (Å²) in [5, 5.41) is 3.44. The van der Waals surface area contributed by atoms with Crippen LogP contribution in [-0.4, -0.2) is 10.9 Å². The Hall–Kier alpha value is -1.52. The molecular formula is C12H10Cl2N2O2. The van der Waals surface area contributed by atoms with E-state index in [2.05, 4.69) is 10.3 Å². The van der Waals surface area contributed by atoms with Gasteiger partial charge in [0.1, 0.15) is 5.76 Å². The Morgan fingerprint density at radius 1 is 1.39 bits per heavy atom. The third-order valence-corrected chi connectivity index (χ3v) is 3.02. The Kier molecular flexibility index (Phi) is 3.89. The third kappa shape index (κ3) is 2.83. The van der Waals surface area contributed by atoms with Crippen molar-refractivity contribution in [2.75, 3.05) is 5.32 Å². The third-order valence-electron chi connectivity index (χ3n) is 2.39. The maximum Gasteiger partial charge on any atom is 0.232 e. The zero-order valence-corrected chi connectivity index (χ0v) is 11.0. The predicted molar refractivity (Wildman–Crippen MR) is 70.0 cm³/mol. The van der Waals surface area contributed by atoms with Crippen LogP contribution >= 0.6 is 23.2 Å². The first-order valence-corrected chi connectivity index (χ1v) is 5.96. The molecule has 4 nitrogen and oxygen atoms in total. The topological polar surface area (TPSA) is 55.1 Å². The zero-order chi connectivity index (χ0) is 13.1. The molecule has 0 unspecified atom stereocenters. The summed E-state index contributed by atoms with van der Waals surface area (Å²) in [5.41, 5.74) is 1.10. The number of para-hydroxylation sites is 1. The van der Waals surface area contributed by atoms with Crippen LogP contribution in [0.5, 0.6) is 0 Å². The maximum absolute atomic E-state index is 11.8. The molecule has 1 amide bonds. The average molecular weight is 285 g/mol. The molecule has 18 heavy (non-hydrogen) atoms. The number of aromatic nitrogens is 1. The van der Waals surface area contributed by atoms with Crippen molar-refractivity contribution in [1.82, 2.24) is 4.98 Å². The van der Waals surface area contributed by atoms with Gasteiger partial charge in [0.2, 0.25) is 5.91 Å². The highest BCUT2D eigenvalue weighted by molar-refractivity contribution is 6.39. The van der Waals surface area contributed by atoms with Gasteiger partial charge in [-0.2, -0.15) is 0 Å². The first-order valence-electron chi connectivity index (χ1n) is 5.20. The lowest BCUT2D eigenvalue weighted by atomic mass is 10.2. The summed E-state index contributed by atoms with van der Waals surface area (Å²) < 4.78 is 5.10. The van der Waals surface area contributed by atoms with Crippen LogP contribution in [0.2, 0.25) is 10.0 Å². The first-order chi connectivity index (χ1) is 8.58. The Labute approximate surface area is 114 Å². The number of amides is 1. The van der Waals surface area contributed by atoms with E-state index in [1.54, 1.807) is 25.1 Å². The fraction of sp³-hybridized carbons (Fsp3) is 0.167. The van der Waals surface area contributed by atoms with Crippen LogP contribution in [0, 0.1) is 6.92 Å². The minimum absolute atomic E-state index is 0.0907. The molecule has 0 radical (unpaired) electrons. The Balaban J connectivity index is 2.10. The van der Waals surface area contributed by atoms with Crippen LogP contribution in [0.25, 0.3) is 0 Å². The zero-order valence-electron chi connectivity index (χ0n) is 9.54. The molecule has 1 aromatic carbocycles. The number of nitrogens with zero attached hydrogens (tertiary/aromatic N) is 1. The van der Waals surface area contributed by atoms with Crippen molar-refractivity contribution >= 4 is 34.8 Å². The Morgan fingerprint density at radius 3 is 2.61 bits per heavy atom. The number of hydrogen-bond acceptors (Lipinski definition) is 3. The van der Waals surface area contributed by atoms with E-state index >= 15 is 0 Å². The summed E-state index contributed by atoms with van der Waals surface area (Å²) in [5.74, 6) is 0.264. The van der Waals surface area contributed by atoms with Crippen LogP contribution in [0.15, 0.2) is 29.0 Å². The molecule has 1 aromatic heterocycles. The molecular weight excluding hydrogens is 275 g/mol. The molecule has 1 N–H and O–H groups in total. The van der Waals surface area contributed by atoms with Gasteiger partial charge in [0.25, 0.3) is 0 Å². The smallest absolute Gasteiger partial charge is 0.232 e. The molecule has 0 aliphatic heterocycles. The van der Waals surface area contributed by atoms with Crippen molar-refractivity contribution in [3.8, 4) is 0 Å². The number of rotatable bonds is 3. The predicted octanol–water partition coefficient (Wildman–Crippen LogP) is 3.47. The number of nitrogens with one attached hydrogen (secondary N) is 1. The molecule has 94 valence electrons. The highest BCUT2D eigenvalue weighted by Gasteiger charge is 2.13. The molecule has 2 aromatic rings. The van der Waals surface area contributed by atoms with Gasteiger partial charge in [-0.25, -0.2) is 4.98 Å². The van der Waals surface area contributed by atoms with Gasteiger partial charge in [-0.3, -0.25) is 4.79 Å². The molecule has 6 heteroatoms. The fourth-order valence-electron chi connectivity index (χ4n) is 1.44. The second kappa shape index (κ2) is 5.42. The van der Waals surface area contributed by atoms with Crippen molar-refractivity contribution in [2.24, 2.45) is 0 Å². The molecule has 0 saturated carbocycles. The van der Waals surface area contributed by atoms with Crippen LogP contribution in [0.3, 0.4) is 0 Å². The number of carbonyl (C=O) groups is 1. The van der Waals surface area contributed by atoms with E-state index in [1.807, 2.05) is 0 Å². The Morgan fingerprint density at radius 2 is 2.06 bits per heavy atom. The van der Waals surface area contributed by atoms with Gasteiger partial charge in [-0.1, -0.05) is 29.3 Å². The molecule has 0 bridgehead atoms. The van der Waals surface area contributed by atoms with Gasteiger partial charge in [-0.15, -0.1) is 0 Å². The van der Waals surface area contributed by atoms with Crippen LogP contribution < -0.4 is 5.32 Å². The van der Waals surface area contributed by atoms with Gasteiger partial charge in [0.15, 0.2) is 6.39 Å². The molecule has 1 heterocycles. The normalized spacial score (nSPS) is 10.4. The number of aryl methyl sites for hydroxylation is 1. The van der Waals surface area contributed by atoms with E-state index in [9.17, 15) is 4.79 Å².